The van der Waals surface area contributed by atoms with E-state index in [-0.39, 0.29) is 5.28 Å². The van der Waals surface area contributed by atoms with Gasteiger partial charge in [0.1, 0.15) is 11.6 Å². The molecule has 0 saturated carbocycles. The van der Waals surface area contributed by atoms with Gasteiger partial charge in [0.05, 0.1) is 4.47 Å². The van der Waals surface area contributed by atoms with Gasteiger partial charge in [-0.15, -0.1) is 0 Å². The molecule has 2 heterocycles. The first-order valence-electron chi connectivity index (χ1n) is 4.66. The number of rotatable bonds is 4. The molecule has 2 N–H and O–H groups in total. The Kier molecular flexibility index (Phi) is 3.74. The fraction of sp³-hybridized carbons (Fsp3) is 0.222. The molecule has 0 saturated heterocycles. The molecule has 0 aliphatic heterocycles. The van der Waals surface area contributed by atoms with Crippen molar-refractivity contribution in [1.82, 2.24) is 19.9 Å². The van der Waals surface area contributed by atoms with Gasteiger partial charge in [-0.2, -0.15) is 4.98 Å². The van der Waals surface area contributed by atoms with E-state index in [1.54, 1.807) is 18.6 Å². The SMILES string of the molecule is Clc1ncc(Br)c(NCCc2ncc[nH]2)n1. The minimum atomic E-state index is 0.226. The van der Waals surface area contributed by atoms with Crippen molar-refractivity contribution in [3.8, 4) is 0 Å². The fourth-order valence-electron chi connectivity index (χ4n) is 1.20. The summed E-state index contributed by atoms with van der Waals surface area (Å²) in [5.41, 5.74) is 0. The number of imidazole rings is 1. The molecule has 0 unspecified atom stereocenters. The van der Waals surface area contributed by atoms with Crippen molar-refractivity contribution in [2.75, 3.05) is 11.9 Å². The maximum Gasteiger partial charge on any atom is 0.224 e. The molecule has 0 bridgehead atoms. The zero-order valence-electron chi connectivity index (χ0n) is 8.24. The molecule has 0 amide bonds. The van der Waals surface area contributed by atoms with E-state index in [1.165, 1.54) is 0 Å². The van der Waals surface area contributed by atoms with Crippen LogP contribution >= 0.6 is 27.5 Å². The molecule has 0 aliphatic carbocycles. The Morgan fingerprint density at radius 3 is 3.06 bits per heavy atom. The summed E-state index contributed by atoms with van der Waals surface area (Å²) in [4.78, 5) is 15.1. The second-order valence-electron chi connectivity index (χ2n) is 3.05. The maximum absolute atomic E-state index is 5.69. The van der Waals surface area contributed by atoms with E-state index in [0.29, 0.717) is 5.82 Å². The zero-order chi connectivity index (χ0) is 11.4. The van der Waals surface area contributed by atoms with Gasteiger partial charge in [-0.1, -0.05) is 0 Å². The lowest BCUT2D eigenvalue weighted by Gasteiger charge is -2.05. The van der Waals surface area contributed by atoms with E-state index in [2.05, 4.69) is 41.2 Å². The fourth-order valence-corrected chi connectivity index (χ4v) is 1.67. The standard InChI is InChI=1S/C9H9BrClN5/c10-6-5-15-9(11)16-8(6)14-2-1-7-12-3-4-13-7/h3-5H,1-2H2,(H,12,13)(H,14,15,16). The Hall–Kier alpha value is -1.14. The predicted octanol–water partition coefficient (Wildman–Crippen LogP) is 2.27. The highest BCUT2D eigenvalue weighted by molar-refractivity contribution is 9.10. The minimum Gasteiger partial charge on any atom is -0.369 e. The number of aromatic amines is 1. The van der Waals surface area contributed by atoms with Gasteiger partial charge in [0.25, 0.3) is 0 Å². The molecule has 0 spiro atoms. The molecule has 2 aromatic rings. The van der Waals surface area contributed by atoms with Crippen LogP contribution in [0, 0.1) is 0 Å². The van der Waals surface area contributed by atoms with Crippen LogP contribution < -0.4 is 5.32 Å². The molecule has 7 heteroatoms. The third-order valence-corrected chi connectivity index (χ3v) is 2.69. The summed E-state index contributed by atoms with van der Waals surface area (Å²) < 4.78 is 0.788. The number of aromatic nitrogens is 4. The molecule has 0 aliphatic rings. The summed E-state index contributed by atoms with van der Waals surface area (Å²) in [5.74, 6) is 1.62. The van der Waals surface area contributed by atoms with Crippen molar-refractivity contribution < 1.29 is 0 Å². The van der Waals surface area contributed by atoms with Crippen molar-refractivity contribution in [3.05, 3.63) is 34.2 Å². The van der Waals surface area contributed by atoms with Crippen LogP contribution in [0.2, 0.25) is 5.28 Å². The second kappa shape index (κ2) is 5.27. The monoisotopic (exact) mass is 301 g/mol. The Bertz CT molecular complexity index is 459. The lowest BCUT2D eigenvalue weighted by Crippen LogP contribution is -2.08. The van der Waals surface area contributed by atoms with Gasteiger partial charge >= 0.3 is 0 Å². The van der Waals surface area contributed by atoms with Crippen LogP contribution in [0.1, 0.15) is 5.82 Å². The van der Waals surface area contributed by atoms with E-state index >= 15 is 0 Å². The molecule has 0 fully saturated rings. The van der Waals surface area contributed by atoms with E-state index in [9.17, 15) is 0 Å². The van der Waals surface area contributed by atoms with E-state index in [4.69, 9.17) is 11.6 Å². The molecular formula is C9H9BrClN5. The maximum atomic E-state index is 5.69. The largest absolute Gasteiger partial charge is 0.369 e. The van der Waals surface area contributed by atoms with Gasteiger partial charge in [-0.25, -0.2) is 9.97 Å². The topological polar surface area (TPSA) is 66.5 Å². The summed E-state index contributed by atoms with van der Waals surface area (Å²) in [7, 11) is 0. The number of nitrogens with zero attached hydrogens (tertiary/aromatic N) is 3. The van der Waals surface area contributed by atoms with Crippen molar-refractivity contribution >= 4 is 33.3 Å². The molecule has 0 aromatic carbocycles. The highest BCUT2D eigenvalue weighted by Crippen LogP contribution is 2.19. The number of hydrogen-bond donors (Lipinski definition) is 2. The third kappa shape index (κ3) is 2.93. The van der Waals surface area contributed by atoms with Crippen molar-refractivity contribution in [2.45, 2.75) is 6.42 Å². The number of halogens is 2. The van der Waals surface area contributed by atoms with Gasteiger partial charge in [-0.05, 0) is 27.5 Å². The van der Waals surface area contributed by atoms with Crippen molar-refractivity contribution in [1.29, 1.82) is 0 Å². The van der Waals surface area contributed by atoms with Crippen LogP contribution in [0.25, 0.3) is 0 Å². The molecule has 5 nitrogen and oxygen atoms in total. The zero-order valence-corrected chi connectivity index (χ0v) is 10.6. The molecule has 2 aromatic heterocycles. The lowest BCUT2D eigenvalue weighted by molar-refractivity contribution is 0.918. The quantitative estimate of drug-likeness (QED) is 0.850. The number of hydrogen-bond acceptors (Lipinski definition) is 4. The summed E-state index contributed by atoms with van der Waals surface area (Å²) in [5, 5.41) is 3.38. The van der Waals surface area contributed by atoms with Crippen LogP contribution in [0.4, 0.5) is 5.82 Å². The normalized spacial score (nSPS) is 10.4. The van der Waals surface area contributed by atoms with E-state index in [1.807, 2.05) is 0 Å². The van der Waals surface area contributed by atoms with Crippen LogP contribution in [-0.4, -0.2) is 26.5 Å². The smallest absolute Gasteiger partial charge is 0.224 e. The first kappa shape index (κ1) is 11.3. The van der Waals surface area contributed by atoms with Crippen molar-refractivity contribution in [3.63, 3.8) is 0 Å². The summed E-state index contributed by atoms with van der Waals surface area (Å²) >= 11 is 9.03. The molecule has 2 rings (SSSR count). The lowest BCUT2D eigenvalue weighted by atomic mass is 10.4. The van der Waals surface area contributed by atoms with Gasteiger partial charge in [-0.3, -0.25) is 0 Å². The van der Waals surface area contributed by atoms with Gasteiger partial charge < -0.3 is 10.3 Å². The van der Waals surface area contributed by atoms with Gasteiger partial charge in [0, 0.05) is 31.6 Å². The molecule has 0 atom stereocenters. The average Bonchev–Trinajstić information content (AvgIpc) is 2.76. The Morgan fingerprint density at radius 1 is 1.44 bits per heavy atom. The second-order valence-corrected chi connectivity index (χ2v) is 4.24. The number of H-pyrrole nitrogens is 1. The van der Waals surface area contributed by atoms with Crippen LogP contribution in [0.3, 0.4) is 0 Å². The van der Waals surface area contributed by atoms with Crippen LogP contribution in [0.5, 0.6) is 0 Å². The molecule has 84 valence electrons. The highest BCUT2D eigenvalue weighted by atomic mass is 79.9. The Balaban J connectivity index is 1.92. The average molecular weight is 303 g/mol. The number of nitrogens with one attached hydrogen (secondary N) is 2. The van der Waals surface area contributed by atoms with Crippen LogP contribution in [-0.2, 0) is 6.42 Å². The van der Waals surface area contributed by atoms with Crippen LogP contribution in [0.15, 0.2) is 23.1 Å². The van der Waals surface area contributed by atoms with E-state index in [0.717, 1.165) is 23.3 Å². The molecule has 16 heavy (non-hydrogen) atoms. The summed E-state index contributed by atoms with van der Waals surface area (Å²) in [6, 6.07) is 0. The first-order chi connectivity index (χ1) is 7.75. The highest BCUT2D eigenvalue weighted by Gasteiger charge is 2.03. The number of anilines is 1. The Morgan fingerprint density at radius 2 is 2.31 bits per heavy atom. The summed E-state index contributed by atoms with van der Waals surface area (Å²) in [6.45, 7) is 0.722. The molecular weight excluding hydrogens is 293 g/mol. The van der Waals surface area contributed by atoms with Crippen molar-refractivity contribution in [2.24, 2.45) is 0 Å². The predicted molar refractivity (Wildman–Crippen MR) is 65.5 cm³/mol. The van der Waals surface area contributed by atoms with Gasteiger partial charge in [0.15, 0.2) is 0 Å². The Labute approximate surface area is 106 Å². The minimum absolute atomic E-state index is 0.226. The van der Waals surface area contributed by atoms with E-state index < -0.39 is 0 Å². The molecule has 0 radical (unpaired) electrons. The summed E-state index contributed by atoms with van der Waals surface area (Å²) in [6.07, 6.45) is 5.94. The third-order valence-electron chi connectivity index (χ3n) is 1.92. The van der Waals surface area contributed by atoms with Gasteiger partial charge in [0.2, 0.25) is 5.28 Å². The first-order valence-corrected chi connectivity index (χ1v) is 5.83.